The number of hydrogen-bond acceptors (Lipinski definition) is 3. The molecule has 0 unspecified atom stereocenters. The summed E-state index contributed by atoms with van der Waals surface area (Å²) in [6.45, 7) is 2.41. The van der Waals surface area contributed by atoms with Gasteiger partial charge in [0, 0.05) is 17.5 Å². The van der Waals surface area contributed by atoms with E-state index in [1.807, 2.05) is 0 Å². The molecule has 1 heterocycles. The predicted octanol–water partition coefficient (Wildman–Crippen LogP) is 2.44. The van der Waals surface area contributed by atoms with Crippen molar-refractivity contribution in [3.63, 3.8) is 0 Å². The van der Waals surface area contributed by atoms with Crippen LogP contribution < -0.4 is 5.73 Å². The second-order valence-electron chi connectivity index (χ2n) is 4.81. The highest BCUT2D eigenvalue weighted by Crippen LogP contribution is 2.23. The smallest absolute Gasteiger partial charge is 0.142 e. The van der Waals surface area contributed by atoms with Crippen molar-refractivity contribution in [1.82, 2.24) is 4.90 Å². The third kappa shape index (κ3) is 3.58. The van der Waals surface area contributed by atoms with Crippen LogP contribution in [0.3, 0.4) is 0 Å². The summed E-state index contributed by atoms with van der Waals surface area (Å²) >= 11 is 6.01. The molecule has 0 aliphatic carbocycles. The highest BCUT2D eigenvalue weighted by Gasteiger charge is 2.22. The maximum absolute atomic E-state index is 13.0. The van der Waals surface area contributed by atoms with Crippen molar-refractivity contribution < 1.29 is 9.60 Å². The third-order valence-corrected chi connectivity index (χ3v) is 3.88. The number of nitrogens with two attached hydrogens (primary N) is 1. The third-order valence-electron chi connectivity index (χ3n) is 3.53. The van der Waals surface area contributed by atoms with Crippen LogP contribution in [0, 0.1) is 11.7 Å². The van der Waals surface area contributed by atoms with Crippen LogP contribution in [0.1, 0.15) is 18.4 Å². The number of benzene rings is 1. The molecule has 0 amide bonds. The van der Waals surface area contributed by atoms with E-state index in [2.05, 4.69) is 10.1 Å². The molecule has 1 saturated heterocycles. The van der Waals surface area contributed by atoms with Gasteiger partial charge in [-0.25, -0.2) is 4.39 Å². The molecule has 3 N–H and O–H groups in total. The van der Waals surface area contributed by atoms with Gasteiger partial charge in [0.1, 0.15) is 11.7 Å². The number of nitrogens with zero attached hydrogens (tertiary/aromatic N) is 2. The molecule has 0 spiro atoms. The first-order chi connectivity index (χ1) is 9.10. The van der Waals surface area contributed by atoms with Crippen molar-refractivity contribution in [2.45, 2.75) is 19.4 Å². The standard InChI is InChI=1S/C13H17ClFN3O/c14-12-7-11(15)2-1-10(12)8-18-5-3-9(4-6-18)13(16)17-19/h1-2,7,9,19H,3-6,8H2,(H2,16,17). The molecule has 1 aromatic rings. The highest BCUT2D eigenvalue weighted by molar-refractivity contribution is 6.31. The summed E-state index contributed by atoms with van der Waals surface area (Å²) in [5.74, 6) is 0.129. The van der Waals surface area contributed by atoms with Crippen molar-refractivity contribution in [2.75, 3.05) is 13.1 Å². The zero-order chi connectivity index (χ0) is 13.8. The first-order valence-electron chi connectivity index (χ1n) is 6.24. The fourth-order valence-electron chi connectivity index (χ4n) is 2.36. The van der Waals surface area contributed by atoms with E-state index in [1.54, 1.807) is 6.07 Å². The van der Waals surface area contributed by atoms with Crippen molar-refractivity contribution in [3.05, 3.63) is 34.6 Å². The number of oxime groups is 1. The Bertz CT molecular complexity index is 473. The van der Waals surface area contributed by atoms with Gasteiger partial charge < -0.3 is 10.9 Å². The quantitative estimate of drug-likeness (QED) is 0.388. The van der Waals surface area contributed by atoms with Gasteiger partial charge in [0.05, 0.1) is 0 Å². The molecule has 0 atom stereocenters. The number of likely N-dealkylation sites (tertiary alicyclic amines) is 1. The maximum Gasteiger partial charge on any atom is 0.142 e. The monoisotopic (exact) mass is 285 g/mol. The lowest BCUT2D eigenvalue weighted by atomic mass is 9.95. The van der Waals surface area contributed by atoms with E-state index in [4.69, 9.17) is 22.5 Å². The summed E-state index contributed by atoms with van der Waals surface area (Å²) in [6.07, 6.45) is 1.71. The van der Waals surface area contributed by atoms with Gasteiger partial charge in [0.25, 0.3) is 0 Å². The van der Waals surface area contributed by atoms with Crippen LogP contribution in [0.4, 0.5) is 4.39 Å². The van der Waals surface area contributed by atoms with Gasteiger partial charge in [0.2, 0.25) is 0 Å². The van der Waals surface area contributed by atoms with Gasteiger partial charge in [0.15, 0.2) is 0 Å². The summed E-state index contributed by atoms with van der Waals surface area (Å²) in [4.78, 5) is 2.24. The average Bonchev–Trinajstić information content (AvgIpc) is 2.42. The van der Waals surface area contributed by atoms with Crippen LogP contribution >= 0.6 is 11.6 Å². The van der Waals surface area contributed by atoms with E-state index < -0.39 is 0 Å². The first kappa shape index (κ1) is 14.1. The largest absolute Gasteiger partial charge is 0.409 e. The highest BCUT2D eigenvalue weighted by atomic mass is 35.5. The van der Waals surface area contributed by atoms with E-state index in [9.17, 15) is 4.39 Å². The second-order valence-corrected chi connectivity index (χ2v) is 5.22. The number of halogens is 2. The molecule has 1 aromatic carbocycles. The van der Waals surface area contributed by atoms with Gasteiger partial charge in [-0.1, -0.05) is 22.8 Å². The lowest BCUT2D eigenvalue weighted by Crippen LogP contribution is -2.38. The van der Waals surface area contributed by atoms with Crippen LogP contribution in [-0.2, 0) is 6.54 Å². The minimum atomic E-state index is -0.320. The van der Waals surface area contributed by atoms with Gasteiger partial charge in [-0.2, -0.15) is 0 Å². The Hall–Kier alpha value is -1.33. The number of hydrogen-bond donors (Lipinski definition) is 2. The molecule has 2 rings (SSSR count). The molecule has 104 valence electrons. The summed E-state index contributed by atoms with van der Waals surface area (Å²) in [5.41, 5.74) is 6.53. The Morgan fingerprint density at radius 3 is 2.74 bits per heavy atom. The van der Waals surface area contributed by atoms with E-state index in [1.165, 1.54) is 12.1 Å². The summed E-state index contributed by atoms with van der Waals surface area (Å²) in [5, 5.41) is 12.2. The molecule has 19 heavy (non-hydrogen) atoms. The van der Waals surface area contributed by atoms with E-state index in [0.717, 1.165) is 31.5 Å². The molecular formula is C13H17ClFN3O. The first-order valence-corrected chi connectivity index (χ1v) is 6.61. The van der Waals surface area contributed by atoms with Crippen LogP contribution in [-0.4, -0.2) is 29.0 Å². The zero-order valence-electron chi connectivity index (χ0n) is 10.5. The molecule has 1 aliphatic heterocycles. The van der Waals surface area contributed by atoms with Crippen molar-refractivity contribution in [2.24, 2.45) is 16.8 Å². The molecule has 0 aromatic heterocycles. The lowest BCUT2D eigenvalue weighted by Gasteiger charge is -2.31. The van der Waals surface area contributed by atoms with Crippen molar-refractivity contribution >= 4 is 17.4 Å². The number of amidine groups is 1. The van der Waals surface area contributed by atoms with Crippen LogP contribution in [0.5, 0.6) is 0 Å². The number of piperidine rings is 1. The van der Waals surface area contributed by atoms with Crippen LogP contribution in [0.15, 0.2) is 23.4 Å². The molecule has 4 nitrogen and oxygen atoms in total. The Labute approximate surface area is 116 Å². The summed E-state index contributed by atoms with van der Waals surface area (Å²) < 4.78 is 13.0. The van der Waals surface area contributed by atoms with Gasteiger partial charge in [-0.05, 0) is 43.6 Å². The van der Waals surface area contributed by atoms with E-state index >= 15 is 0 Å². The molecular weight excluding hydrogens is 269 g/mol. The van der Waals surface area contributed by atoms with Gasteiger partial charge >= 0.3 is 0 Å². The maximum atomic E-state index is 13.0. The van der Waals surface area contributed by atoms with Crippen LogP contribution in [0.2, 0.25) is 5.02 Å². The van der Waals surface area contributed by atoms with Gasteiger partial charge in [-0.15, -0.1) is 0 Å². The average molecular weight is 286 g/mol. The fourth-order valence-corrected chi connectivity index (χ4v) is 2.59. The zero-order valence-corrected chi connectivity index (χ0v) is 11.3. The molecule has 1 aliphatic rings. The summed E-state index contributed by atoms with van der Waals surface area (Å²) in [7, 11) is 0. The minimum Gasteiger partial charge on any atom is -0.409 e. The van der Waals surface area contributed by atoms with E-state index in [-0.39, 0.29) is 11.7 Å². The predicted molar refractivity (Wildman–Crippen MR) is 72.8 cm³/mol. The van der Waals surface area contributed by atoms with E-state index in [0.29, 0.717) is 17.4 Å². The topological polar surface area (TPSA) is 61.9 Å². The van der Waals surface area contributed by atoms with Gasteiger partial charge in [-0.3, -0.25) is 4.90 Å². The molecule has 0 radical (unpaired) electrons. The molecule has 1 fully saturated rings. The molecule has 0 saturated carbocycles. The Balaban J connectivity index is 1.92. The van der Waals surface area contributed by atoms with Crippen molar-refractivity contribution in [3.8, 4) is 0 Å². The molecule has 0 bridgehead atoms. The number of rotatable bonds is 3. The van der Waals surface area contributed by atoms with Crippen LogP contribution in [0.25, 0.3) is 0 Å². The summed E-state index contributed by atoms with van der Waals surface area (Å²) in [6, 6.07) is 4.47. The Kier molecular flexibility index (Phi) is 4.61. The molecule has 6 heteroatoms. The SMILES string of the molecule is NC(=NO)C1CCN(Cc2ccc(F)cc2Cl)CC1. The van der Waals surface area contributed by atoms with Crippen molar-refractivity contribution in [1.29, 1.82) is 0 Å². The second kappa shape index (κ2) is 6.21. The normalized spacial score (nSPS) is 18.7. The fraction of sp³-hybridized carbons (Fsp3) is 0.462. The minimum absolute atomic E-state index is 0.143. The lowest BCUT2D eigenvalue weighted by molar-refractivity contribution is 0.198. The Morgan fingerprint density at radius 1 is 1.47 bits per heavy atom. The Morgan fingerprint density at radius 2 is 2.16 bits per heavy atom.